The van der Waals surface area contributed by atoms with Crippen molar-refractivity contribution in [1.82, 2.24) is 5.32 Å². The van der Waals surface area contributed by atoms with Gasteiger partial charge in [0.05, 0.1) is 33.8 Å². The van der Waals surface area contributed by atoms with Crippen molar-refractivity contribution in [3.05, 3.63) is 97.2 Å². The second-order valence-corrected chi connectivity index (χ2v) is 23.6. The van der Waals surface area contributed by atoms with Crippen LogP contribution in [-0.2, 0) is 27.9 Å². The SMILES string of the molecule is CC/C=C\C/C=C\C/C=C\C/C=C\C/C=C\C/C=C\CCCCCCC(=O)OC(/C=C\CCCCCCCCCCC)C(COP(=O)(O)OCC[N+](C)(C)C)NC(=O)CCCCCCCCC/C=C/CCCCCCCC. The van der Waals surface area contributed by atoms with Crippen molar-refractivity contribution in [3.8, 4) is 0 Å². The minimum atomic E-state index is -4.46. The van der Waals surface area contributed by atoms with Crippen LogP contribution in [0.25, 0.3) is 0 Å². The van der Waals surface area contributed by atoms with E-state index in [9.17, 15) is 19.0 Å². The van der Waals surface area contributed by atoms with E-state index in [1.54, 1.807) is 0 Å². The van der Waals surface area contributed by atoms with Gasteiger partial charge in [0.1, 0.15) is 19.3 Å². The Morgan fingerprint density at radius 3 is 1.26 bits per heavy atom. The maximum absolute atomic E-state index is 13.5. The van der Waals surface area contributed by atoms with E-state index in [1.165, 1.54) is 109 Å². The maximum atomic E-state index is 13.5. The van der Waals surface area contributed by atoms with E-state index in [1.807, 2.05) is 33.3 Å². The molecule has 77 heavy (non-hydrogen) atoms. The van der Waals surface area contributed by atoms with Crippen molar-refractivity contribution in [2.24, 2.45) is 0 Å². The number of hydrogen-bond donors (Lipinski definition) is 2. The molecule has 0 radical (unpaired) electrons. The Morgan fingerprint density at radius 1 is 0.468 bits per heavy atom. The number of nitrogens with one attached hydrogen (secondary N) is 1. The number of carbonyl (C=O) groups is 2. The van der Waals surface area contributed by atoms with Crippen molar-refractivity contribution in [2.75, 3.05) is 40.9 Å². The Bertz CT molecular complexity index is 1640. The normalized spacial score (nSPS) is 14.3. The maximum Gasteiger partial charge on any atom is 0.472 e. The Hall–Kier alpha value is -3.07. The molecular formula is C67H120N2O7P+. The molecule has 2 N–H and O–H groups in total. The first-order chi connectivity index (χ1) is 37.4. The summed E-state index contributed by atoms with van der Waals surface area (Å²) >= 11 is 0. The Balaban J connectivity index is 5.25. The van der Waals surface area contributed by atoms with E-state index < -0.39 is 20.0 Å². The molecule has 3 atom stereocenters. The predicted octanol–water partition coefficient (Wildman–Crippen LogP) is 19.6. The Morgan fingerprint density at radius 2 is 0.831 bits per heavy atom. The number of nitrogens with zero attached hydrogens (tertiary/aromatic N) is 1. The van der Waals surface area contributed by atoms with Gasteiger partial charge in [0, 0.05) is 12.8 Å². The third kappa shape index (κ3) is 57.4. The van der Waals surface area contributed by atoms with Crippen LogP contribution in [0.1, 0.15) is 265 Å². The number of hydrogen-bond acceptors (Lipinski definition) is 6. The van der Waals surface area contributed by atoms with Gasteiger partial charge in [0.25, 0.3) is 0 Å². The van der Waals surface area contributed by atoms with Crippen LogP contribution < -0.4 is 5.32 Å². The number of allylic oxidation sites excluding steroid dienone is 15. The summed E-state index contributed by atoms with van der Waals surface area (Å²) in [7, 11) is 1.47. The van der Waals surface area contributed by atoms with Crippen LogP contribution in [0, 0.1) is 0 Å². The average Bonchev–Trinajstić information content (AvgIpc) is 3.39. The van der Waals surface area contributed by atoms with E-state index in [2.05, 4.69) is 111 Å². The fourth-order valence-corrected chi connectivity index (χ4v) is 9.38. The number of phosphoric acid groups is 1. The number of unbranched alkanes of at least 4 members (excludes halogenated alkanes) is 26. The quantitative estimate of drug-likeness (QED) is 0.0205. The summed E-state index contributed by atoms with van der Waals surface area (Å²) in [5.74, 6) is -0.542. The zero-order chi connectivity index (χ0) is 56.4. The summed E-state index contributed by atoms with van der Waals surface area (Å²) in [6.07, 6.45) is 75.5. The molecule has 0 aliphatic carbocycles. The zero-order valence-electron chi connectivity index (χ0n) is 50.7. The van der Waals surface area contributed by atoms with Crippen LogP contribution in [0.4, 0.5) is 0 Å². The fraction of sp³-hybridized carbons (Fsp3) is 0.731. The van der Waals surface area contributed by atoms with Crippen LogP contribution >= 0.6 is 7.82 Å². The highest BCUT2D eigenvalue weighted by atomic mass is 31.2. The van der Waals surface area contributed by atoms with E-state index in [0.29, 0.717) is 23.9 Å². The monoisotopic (exact) mass is 1100 g/mol. The highest BCUT2D eigenvalue weighted by molar-refractivity contribution is 7.47. The van der Waals surface area contributed by atoms with Crippen molar-refractivity contribution < 1.29 is 37.3 Å². The molecule has 0 saturated heterocycles. The number of carbonyl (C=O) groups excluding carboxylic acids is 2. The molecule has 10 heteroatoms. The van der Waals surface area contributed by atoms with Gasteiger partial charge in [-0.2, -0.15) is 0 Å². The zero-order valence-corrected chi connectivity index (χ0v) is 51.6. The second kappa shape index (κ2) is 56.2. The van der Waals surface area contributed by atoms with Gasteiger partial charge in [-0.15, -0.1) is 0 Å². The van der Waals surface area contributed by atoms with Crippen LogP contribution in [0.15, 0.2) is 97.2 Å². The highest BCUT2D eigenvalue weighted by Crippen LogP contribution is 2.43. The summed E-state index contributed by atoms with van der Waals surface area (Å²) in [5, 5.41) is 3.05. The van der Waals surface area contributed by atoms with Crippen LogP contribution in [0.5, 0.6) is 0 Å². The number of amides is 1. The van der Waals surface area contributed by atoms with Gasteiger partial charge in [0.2, 0.25) is 5.91 Å². The largest absolute Gasteiger partial charge is 0.472 e. The lowest BCUT2D eigenvalue weighted by Gasteiger charge is -2.27. The van der Waals surface area contributed by atoms with Gasteiger partial charge in [-0.1, -0.05) is 240 Å². The van der Waals surface area contributed by atoms with Gasteiger partial charge in [-0.05, 0) is 109 Å². The van der Waals surface area contributed by atoms with Gasteiger partial charge < -0.3 is 19.4 Å². The van der Waals surface area contributed by atoms with Gasteiger partial charge >= 0.3 is 13.8 Å². The predicted molar refractivity (Wildman–Crippen MR) is 332 cm³/mol. The molecule has 0 aromatic rings. The summed E-state index contributed by atoms with van der Waals surface area (Å²) in [4.78, 5) is 37.7. The lowest BCUT2D eigenvalue weighted by molar-refractivity contribution is -0.870. The first kappa shape index (κ1) is 73.9. The first-order valence-electron chi connectivity index (χ1n) is 31.6. The van der Waals surface area contributed by atoms with Crippen molar-refractivity contribution >= 4 is 19.7 Å². The highest BCUT2D eigenvalue weighted by Gasteiger charge is 2.30. The van der Waals surface area contributed by atoms with Crippen molar-refractivity contribution in [2.45, 2.75) is 277 Å². The molecule has 0 aliphatic rings. The number of ether oxygens (including phenoxy) is 1. The molecule has 0 fully saturated rings. The molecule has 444 valence electrons. The summed E-state index contributed by atoms with van der Waals surface area (Å²) in [6.45, 7) is 6.87. The molecule has 3 unspecified atom stereocenters. The van der Waals surface area contributed by atoms with Gasteiger partial charge in [-0.25, -0.2) is 4.57 Å². The Labute approximate surface area is 475 Å². The number of likely N-dealkylation sites (N-methyl/N-ethyl adjacent to an activating group) is 1. The van der Waals surface area contributed by atoms with Crippen LogP contribution in [0.3, 0.4) is 0 Å². The molecule has 0 spiro atoms. The Kier molecular flexibility index (Phi) is 54.0. The number of esters is 1. The number of quaternary nitrogens is 1. The van der Waals surface area contributed by atoms with E-state index in [4.69, 9.17) is 13.8 Å². The third-order valence-electron chi connectivity index (χ3n) is 13.5. The molecular weight excluding hydrogens is 976 g/mol. The molecule has 0 aromatic heterocycles. The third-order valence-corrected chi connectivity index (χ3v) is 14.5. The van der Waals surface area contributed by atoms with E-state index in [-0.39, 0.29) is 31.5 Å². The van der Waals surface area contributed by atoms with Crippen LogP contribution in [-0.4, -0.2) is 74.3 Å². The lowest BCUT2D eigenvalue weighted by atomic mass is 10.1. The summed E-state index contributed by atoms with van der Waals surface area (Å²) in [5.41, 5.74) is 0. The topological polar surface area (TPSA) is 111 Å². The molecule has 0 bridgehead atoms. The van der Waals surface area contributed by atoms with E-state index in [0.717, 1.165) is 116 Å². The van der Waals surface area contributed by atoms with E-state index >= 15 is 0 Å². The number of phosphoric ester groups is 1. The van der Waals surface area contributed by atoms with Crippen molar-refractivity contribution in [1.29, 1.82) is 0 Å². The molecule has 0 heterocycles. The minimum Gasteiger partial charge on any atom is -0.456 e. The summed E-state index contributed by atoms with van der Waals surface area (Å²) in [6, 6.07) is -0.866. The first-order valence-corrected chi connectivity index (χ1v) is 33.1. The lowest BCUT2D eigenvalue weighted by Crippen LogP contribution is -2.47. The summed E-state index contributed by atoms with van der Waals surface area (Å²) < 4.78 is 30.7. The van der Waals surface area contributed by atoms with Gasteiger partial charge in [0.15, 0.2) is 0 Å². The minimum absolute atomic E-state index is 0.0309. The molecule has 0 aromatic carbocycles. The van der Waals surface area contributed by atoms with Crippen LogP contribution in [0.2, 0.25) is 0 Å². The molecule has 9 nitrogen and oxygen atoms in total. The molecule has 0 aliphatic heterocycles. The van der Waals surface area contributed by atoms with Gasteiger partial charge in [-0.3, -0.25) is 18.6 Å². The molecule has 0 saturated carbocycles. The average molecular weight is 1100 g/mol. The smallest absolute Gasteiger partial charge is 0.456 e. The van der Waals surface area contributed by atoms with Crippen molar-refractivity contribution in [3.63, 3.8) is 0 Å². The fourth-order valence-electron chi connectivity index (χ4n) is 8.64. The second-order valence-electron chi connectivity index (χ2n) is 22.2. The molecule has 0 rings (SSSR count). The molecule has 1 amide bonds. The number of rotatable bonds is 56. The standard InChI is InChI=1S/C67H119N2O7P/c1-7-10-13-16-19-22-25-27-29-31-32-33-34-35-36-38-40-42-45-48-51-54-57-60-67(71)76-65(58-55-52-49-46-43-24-21-18-15-12-9-3)64(63-75-77(72,73)74-62-61-69(4,5)6)68-66(70)59-56-53-50-47-44-41-39-37-30-28-26-23-20-17-14-11-8-2/h10,13,19,22,27-30,32-33,35-36,40,42,55,58,64-65H,7-9,11-12,14-18,20-21,23-26,31,34,37-39,41,43-54,56-57,59-63H2,1-6H3,(H-,68,70,72,73)/p+1/b13-10-,22-19-,29-27-,30-28+,33-32-,36-35-,42-40-,58-55-.